The van der Waals surface area contributed by atoms with E-state index in [1.807, 2.05) is 36.9 Å². The van der Waals surface area contributed by atoms with Crippen LogP contribution in [0.15, 0.2) is 30.3 Å². The van der Waals surface area contributed by atoms with Crippen molar-refractivity contribution in [3.63, 3.8) is 0 Å². The van der Waals surface area contributed by atoms with E-state index >= 15 is 0 Å². The van der Waals surface area contributed by atoms with Gasteiger partial charge in [0.15, 0.2) is 5.82 Å². The number of aliphatic hydroxyl groups excluding tert-OH is 1. The number of nitrogens with zero attached hydrogens (tertiary/aromatic N) is 3. The largest absolute Gasteiger partial charge is 0.395 e. The highest BCUT2D eigenvalue weighted by molar-refractivity contribution is 5.51. The Balaban J connectivity index is 2.36. The van der Waals surface area contributed by atoms with Crippen molar-refractivity contribution in [1.82, 2.24) is 10.2 Å². The predicted octanol–water partition coefficient (Wildman–Crippen LogP) is 1.55. The zero-order valence-corrected chi connectivity index (χ0v) is 12.6. The van der Waals surface area contributed by atoms with Crippen molar-refractivity contribution in [3.05, 3.63) is 52.7 Å². The summed E-state index contributed by atoms with van der Waals surface area (Å²) in [6.07, 6.45) is 0. The van der Waals surface area contributed by atoms with E-state index in [4.69, 9.17) is 5.73 Å². The lowest BCUT2D eigenvalue weighted by Crippen LogP contribution is -2.29. The van der Waals surface area contributed by atoms with Crippen LogP contribution in [-0.4, -0.2) is 28.5 Å². The van der Waals surface area contributed by atoms with E-state index in [9.17, 15) is 5.11 Å². The van der Waals surface area contributed by atoms with E-state index in [0.717, 1.165) is 28.2 Å². The Morgan fingerprint density at radius 3 is 2.48 bits per heavy atom. The molecule has 0 fully saturated rings. The Labute approximate surface area is 125 Å². The molecular weight excluding hydrogens is 264 g/mol. The van der Waals surface area contributed by atoms with E-state index in [2.05, 4.69) is 22.3 Å². The van der Waals surface area contributed by atoms with Gasteiger partial charge in [-0.25, -0.2) is 0 Å². The van der Waals surface area contributed by atoms with Crippen LogP contribution in [0.4, 0.5) is 5.82 Å². The van der Waals surface area contributed by atoms with Gasteiger partial charge < -0.3 is 15.7 Å². The first-order valence-corrected chi connectivity index (χ1v) is 7.10. The monoisotopic (exact) mass is 286 g/mol. The summed E-state index contributed by atoms with van der Waals surface area (Å²) in [6, 6.07) is 10.1. The lowest BCUT2D eigenvalue weighted by Gasteiger charge is -2.25. The Kier molecular flexibility index (Phi) is 5.25. The average molecular weight is 286 g/mol. The molecular formula is C16H22N4O. The zero-order chi connectivity index (χ0) is 15.2. The Hall–Kier alpha value is -1.98. The topological polar surface area (TPSA) is 75.3 Å². The predicted molar refractivity (Wildman–Crippen MR) is 84.0 cm³/mol. The second kappa shape index (κ2) is 7.15. The highest BCUT2D eigenvalue weighted by Gasteiger charge is 2.16. The average Bonchev–Trinajstić information content (AvgIpc) is 2.50. The van der Waals surface area contributed by atoms with Crippen molar-refractivity contribution in [2.45, 2.75) is 26.9 Å². The number of nitrogens with two attached hydrogens (primary N) is 1. The van der Waals surface area contributed by atoms with Crippen LogP contribution in [0.5, 0.6) is 0 Å². The van der Waals surface area contributed by atoms with Gasteiger partial charge in [0, 0.05) is 25.2 Å². The highest BCUT2D eigenvalue weighted by atomic mass is 16.3. The molecule has 3 N–H and O–H groups in total. The molecule has 1 aromatic heterocycles. The number of aliphatic hydroxyl groups is 1. The van der Waals surface area contributed by atoms with Gasteiger partial charge in [-0.2, -0.15) is 5.10 Å². The second-order valence-corrected chi connectivity index (χ2v) is 5.05. The Bertz CT molecular complexity index is 586. The molecule has 0 spiro atoms. The molecule has 0 bridgehead atoms. The van der Waals surface area contributed by atoms with Crippen LogP contribution in [-0.2, 0) is 13.1 Å². The first-order chi connectivity index (χ1) is 10.2. The molecule has 0 aliphatic carbocycles. The standard InChI is InChI=1S/C16H22N4O/c1-12-13(2)18-19-16(15(12)10-17)20(8-9-21)11-14-6-4-3-5-7-14/h3-7,21H,8-11,17H2,1-2H3. The highest BCUT2D eigenvalue weighted by Crippen LogP contribution is 2.23. The molecule has 0 atom stereocenters. The van der Waals surface area contributed by atoms with Crippen molar-refractivity contribution >= 4 is 5.82 Å². The molecule has 0 saturated carbocycles. The molecule has 5 nitrogen and oxygen atoms in total. The maximum Gasteiger partial charge on any atom is 0.156 e. The van der Waals surface area contributed by atoms with Crippen LogP contribution in [0, 0.1) is 13.8 Å². The van der Waals surface area contributed by atoms with Gasteiger partial charge in [-0.15, -0.1) is 5.10 Å². The number of aryl methyl sites for hydroxylation is 1. The van der Waals surface area contributed by atoms with E-state index in [1.54, 1.807) is 0 Å². The minimum absolute atomic E-state index is 0.0610. The molecule has 1 heterocycles. The summed E-state index contributed by atoms with van der Waals surface area (Å²) in [5.74, 6) is 0.763. The molecule has 112 valence electrons. The van der Waals surface area contributed by atoms with Crippen LogP contribution < -0.4 is 10.6 Å². The summed E-state index contributed by atoms with van der Waals surface area (Å²) in [4.78, 5) is 2.02. The maximum atomic E-state index is 9.34. The van der Waals surface area contributed by atoms with Gasteiger partial charge in [-0.3, -0.25) is 0 Å². The van der Waals surface area contributed by atoms with Crippen LogP contribution in [0.1, 0.15) is 22.4 Å². The number of rotatable bonds is 6. The third-order valence-electron chi connectivity index (χ3n) is 3.65. The molecule has 0 amide bonds. The minimum Gasteiger partial charge on any atom is -0.395 e. The van der Waals surface area contributed by atoms with E-state index < -0.39 is 0 Å². The third kappa shape index (κ3) is 3.56. The van der Waals surface area contributed by atoms with Gasteiger partial charge in [0.25, 0.3) is 0 Å². The Morgan fingerprint density at radius 1 is 1.14 bits per heavy atom. The van der Waals surface area contributed by atoms with Crippen molar-refractivity contribution < 1.29 is 5.11 Å². The molecule has 0 radical (unpaired) electrons. The third-order valence-corrected chi connectivity index (χ3v) is 3.65. The normalized spacial score (nSPS) is 10.7. The number of benzene rings is 1. The fourth-order valence-corrected chi connectivity index (χ4v) is 2.33. The smallest absolute Gasteiger partial charge is 0.156 e. The molecule has 0 saturated heterocycles. The molecule has 2 rings (SSSR count). The van der Waals surface area contributed by atoms with Crippen molar-refractivity contribution in [2.75, 3.05) is 18.1 Å². The van der Waals surface area contributed by atoms with Gasteiger partial charge in [-0.05, 0) is 25.0 Å². The fourth-order valence-electron chi connectivity index (χ4n) is 2.33. The van der Waals surface area contributed by atoms with Gasteiger partial charge >= 0.3 is 0 Å². The van der Waals surface area contributed by atoms with E-state index in [-0.39, 0.29) is 6.61 Å². The van der Waals surface area contributed by atoms with Crippen molar-refractivity contribution in [2.24, 2.45) is 5.73 Å². The van der Waals surface area contributed by atoms with E-state index in [0.29, 0.717) is 19.6 Å². The van der Waals surface area contributed by atoms with Crippen molar-refractivity contribution in [1.29, 1.82) is 0 Å². The maximum absolute atomic E-state index is 9.34. The minimum atomic E-state index is 0.0610. The van der Waals surface area contributed by atoms with Gasteiger partial charge in [-0.1, -0.05) is 30.3 Å². The number of aromatic nitrogens is 2. The molecule has 5 heteroatoms. The summed E-state index contributed by atoms with van der Waals surface area (Å²) >= 11 is 0. The van der Waals surface area contributed by atoms with Crippen LogP contribution >= 0.6 is 0 Å². The first-order valence-electron chi connectivity index (χ1n) is 7.10. The number of hydrogen-bond acceptors (Lipinski definition) is 5. The quantitative estimate of drug-likeness (QED) is 0.842. The SMILES string of the molecule is Cc1nnc(N(CCO)Cc2ccccc2)c(CN)c1C. The molecule has 1 aromatic carbocycles. The van der Waals surface area contributed by atoms with Crippen LogP contribution in [0.3, 0.4) is 0 Å². The van der Waals surface area contributed by atoms with E-state index in [1.165, 1.54) is 0 Å². The summed E-state index contributed by atoms with van der Waals surface area (Å²) in [5, 5.41) is 17.9. The molecule has 0 unspecified atom stereocenters. The number of hydrogen-bond donors (Lipinski definition) is 2. The number of anilines is 1. The lowest BCUT2D eigenvalue weighted by molar-refractivity contribution is 0.301. The molecule has 0 aliphatic heterocycles. The Morgan fingerprint density at radius 2 is 1.86 bits per heavy atom. The van der Waals surface area contributed by atoms with Crippen LogP contribution in [0.25, 0.3) is 0 Å². The zero-order valence-electron chi connectivity index (χ0n) is 12.6. The fraction of sp³-hybridized carbons (Fsp3) is 0.375. The first kappa shape index (κ1) is 15.4. The summed E-state index contributed by atoms with van der Waals surface area (Å²) in [5.41, 5.74) is 10.0. The van der Waals surface area contributed by atoms with Gasteiger partial charge in [0.1, 0.15) is 0 Å². The lowest BCUT2D eigenvalue weighted by atomic mass is 10.1. The van der Waals surface area contributed by atoms with Gasteiger partial charge in [0.05, 0.1) is 12.3 Å². The summed E-state index contributed by atoms with van der Waals surface area (Å²) < 4.78 is 0. The summed E-state index contributed by atoms with van der Waals surface area (Å²) in [6.45, 7) is 5.58. The van der Waals surface area contributed by atoms with Crippen molar-refractivity contribution in [3.8, 4) is 0 Å². The molecule has 0 aliphatic rings. The summed E-state index contributed by atoms with van der Waals surface area (Å²) in [7, 11) is 0. The van der Waals surface area contributed by atoms with Gasteiger partial charge in [0.2, 0.25) is 0 Å². The second-order valence-electron chi connectivity index (χ2n) is 5.05. The molecule has 21 heavy (non-hydrogen) atoms. The van der Waals surface area contributed by atoms with Crippen LogP contribution in [0.2, 0.25) is 0 Å². The molecule has 2 aromatic rings.